The van der Waals surface area contributed by atoms with Crippen LogP contribution >= 0.6 is 0 Å². The molecule has 7 bridgehead atoms. The van der Waals surface area contributed by atoms with Crippen LogP contribution in [0.2, 0.25) is 0 Å². The SMILES string of the molecule is CCN1C[C@]23O[C@H]2C[C@H](O)[C@@]24[C@@H]3C[C@@H]([C@@H]12)[C@@]1(O)C[C@H](OC)[C@H]2C[C@@H]4[C@@]13OCO[C@H]23. The van der Waals surface area contributed by atoms with Crippen molar-refractivity contribution >= 4 is 0 Å². The van der Waals surface area contributed by atoms with E-state index in [0.29, 0.717) is 12.3 Å². The van der Waals surface area contributed by atoms with Crippen LogP contribution in [-0.4, -0.2) is 89.4 Å². The van der Waals surface area contributed by atoms with E-state index in [1.807, 2.05) is 0 Å². The second-order valence-corrected chi connectivity index (χ2v) is 11.2. The van der Waals surface area contributed by atoms with E-state index < -0.39 is 17.3 Å². The molecule has 3 heterocycles. The third-order valence-corrected chi connectivity index (χ3v) is 11.3. The molecular formula is C22H31NO6. The summed E-state index contributed by atoms with van der Waals surface area (Å²) in [6.45, 7) is 4.32. The molecule has 5 saturated carbocycles. The van der Waals surface area contributed by atoms with Crippen LogP contribution < -0.4 is 0 Å². The maximum atomic E-state index is 12.6. The summed E-state index contributed by atoms with van der Waals surface area (Å²) in [6, 6.07) is 0.183. The maximum Gasteiger partial charge on any atom is 0.148 e. The van der Waals surface area contributed by atoms with E-state index in [4.69, 9.17) is 18.9 Å². The molecule has 3 aliphatic heterocycles. The minimum atomic E-state index is -0.983. The highest BCUT2D eigenvalue weighted by molar-refractivity contribution is 5.41. The lowest BCUT2D eigenvalue weighted by Gasteiger charge is -2.68. The molecule has 3 saturated heterocycles. The zero-order valence-electron chi connectivity index (χ0n) is 17.1. The number of likely N-dealkylation sites (N-methyl/N-ethyl adjacent to an activating group) is 1. The largest absolute Gasteiger partial charge is 0.392 e. The van der Waals surface area contributed by atoms with Crippen molar-refractivity contribution in [3.05, 3.63) is 0 Å². The Morgan fingerprint density at radius 3 is 2.86 bits per heavy atom. The van der Waals surface area contributed by atoms with Crippen molar-refractivity contribution in [3.8, 4) is 0 Å². The molecule has 0 aromatic carbocycles. The Morgan fingerprint density at radius 1 is 1.21 bits per heavy atom. The number of fused-ring (bicyclic) bond motifs is 1. The molecule has 8 fully saturated rings. The normalized spacial score (nSPS) is 70.6. The Morgan fingerprint density at radius 2 is 2.07 bits per heavy atom. The number of hydrogen-bond acceptors (Lipinski definition) is 7. The van der Waals surface area contributed by atoms with Gasteiger partial charge in [0.25, 0.3) is 0 Å². The summed E-state index contributed by atoms with van der Waals surface area (Å²) >= 11 is 0. The van der Waals surface area contributed by atoms with Crippen molar-refractivity contribution in [3.63, 3.8) is 0 Å². The van der Waals surface area contributed by atoms with E-state index in [0.717, 1.165) is 32.4 Å². The van der Waals surface area contributed by atoms with Gasteiger partial charge in [0.1, 0.15) is 23.6 Å². The number of methoxy groups -OCH3 is 1. The van der Waals surface area contributed by atoms with Crippen molar-refractivity contribution in [2.45, 2.75) is 79.9 Å². The first kappa shape index (κ1) is 17.3. The number of ether oxygens (including phenoxy) is 4. The first-order valence-corrected chi connectivity index (χ1v) is 11.6. The fraction of sp³-hybridized carbons (Fsp3) is 1.00. The lowest BCUT2D eigenvalue weighted by molar-refractivity contribution is -0.303. The van der Waals surface area contributed by atoms with Crippen LogP contribution in [0.4, 0.5) is 0 Å². The van der Waals surface area contributed by atoms with E-state index in [2.05, 4.69) is 11.8 Å². The van der Waals surface area contributed by atoms with Crippen LogP contribution in [0.15, 0.2) is 0 Å². The van der Waals surface area contributed by atoms with Crippen molar-refractivity contribution in [1.29, 1.82) is 0 Å². The number of hydrogen-bond donors (Lipinski definition) is 2. The van der Waals surface area contributed by atoms with E-state index in [1.54, 1.807) is 7.11 Å². The number of aliphatic hydroxyl groups is 2. The highest BCUT2D eigenvalue weighted by atomic mass is 16.7. The van der Waals surface area contributed by atoms with Gasteiger partial charge < -0.3 is 29.2 Å². The second-order valence-electron chi connectivity index (χ2n) is 11.2. The molecule has 0 radical (unpaired) electrons. The molecule has 0 amide bonds. The van der Waals surface area contributed by atoms with Gasteiger partial charge in [-0.2, -0.15) is 0 Å². The lowest BCUT2D eigenvalue weighted by Crippen LogP contribution is -2.81. The fourth-order valence-electron chi connectivity index (χ4n) is 10.7. The van der Waals surface area contributed by atoms with Crippen LogP contribution in [0, 0.1) is 29.1 Å². The van der Waals surface area contributed by atoms with Crippen molar-refractivity contribution < 1.29 is 29.2 Å². The predicted octanol–water partition coefficient (Wildman–Crippen LogP) is 0.126. The van der Waals surface area contributed by atoms with Crippen LogP contribution in [-0.2, 0) is 18.9 Å². The number of likely N-dealkylation sites (tertiary alicyclic amines) is 1. The Kier molecular flexibility index (Phi) is 2.82. The zero-order valence-corrected chi connectivity index (χ0v) is 17.1. The molecule has 0 aromatic rings. The smallest absolute Gasteiger partial charge is 0.148 e. The molecule has 3 spiro atoms. The van der Waals surface area contributed by atoms with E-state index in [1.165, 1.54) is 0 Å². The van der Waals surface area contributed by atoms with E-state index >= 15 is 0 Å². The standard InChI is InChI=1S/C22H31NO6/c1-3-23-8-19-13-5-11-17(23)21(13,15(24)6-16(19)29-19)14-4-10-12(26-2)7-20(11,25)22(14)18(10)27-9-28-22/h10-18,24-25H,3-9H2,1-2H3/t10-,11+,12+,13-,14+,15+,16+,17-,18-,19-,20+,21+,22+/m1/s1. The molecule has 7 heteroatoms. The number of rotatable bonds is 2. The molecule has 8 rings (SSSR count). The average Bonchev–Trinajstić information content (AvgIpc) is 3.04. The number of epoxide rings is 1. The molecule has 29 heavy (non-hydrogen) atoms. The Hall–Kier alpha value is -0.280. The lowest BCUT2D eigenvalue weighted by atomic mass is 9.44. The summed E-state index contributed by atoms with van der Waals surface area (Å²) < 4.78 is 25.0. The Bertz CT molecular complexity index is 810. The first-order valence-electron chi connectivity index (χ1n) is 11.6. The van der Waals surface area contributed by atoms with Gasteiger partial charge in [0, 0.05) is 61.6 Å². The van der Waals surface area contributed by atoms with E-state index in [-0.39, 0.29) is 59.9 Å². The third kappa shape index (κ3) is 1.39. The topological polar surface area (TPSA) is 83.9 Å². The van der Waals surface area contributed by atoms with Gasteiger partial charge in [0.05, 0.1) is 24.4 Å². The number of aliphatic hydroxyl groups excluding tert-OH is 1. The van der Waals surface area contributed by atoms with E-state index in [9.17, 15) is 10.2 Å². The molecule has 13 atom stereocenters. The fourth-order valence-corrected chi connectivity index (χ4v) is 10.7. The quantitative estimate of drug-likeness (QED) is 0.632. The van der Waals surface area contributed by atoms with Gasteiger partial charge in [-0.3, -0.25) is 4.90 Å². The van der Waals surface area contributed by atoms with Gasteiger partial charge in [-0.25, -0.2) is 0 Å². The average molecular weight is 405 g/mol. The first-order chi connectivity index (χ1) is 14.0. The number of piperidine rings is 1. The van der Waals surface area contributed by atoms with Gasteiger partial charge in [-0.05, 0) is 19.4 Å². The van der Waals surface area contributed by atoms with Gasteiger partial charge in [0.2, 0.25) is 0 Å². The number of nitrogens with zero attached hydrogens (tertiary/aromatic N) is 1. The Balaban J connectivity index is 1.42. The minimum Gasteiger partial charge on any atom is -0.392 e. The summed E-state index contributed by atoms with van der Waals surface area (Å²) in [5.41, 5.74) is -2.09. The molecular weight excluding hydrogens is 374 g/mol. The van der Waals surface area contributed by atoms with Crippen molar-refractivity contribution in [1.82, 2.24) is 4.90 Å². The molecule has 0 unspecified atom stereocenters. The van der Waals surface area contributed by atoms with Gasteiger partial charge >= 0.3 is 0 Å². The highest BCUT2D eigenvalue weighted by Crippen LogP contribution is 2.82. The van der Waals surface area contributed by atoms with Crippen LogP contribution in [0.3, 0.4) is 0 Å². The maximum absolute atomic E-state index is 12.6. The summed E-state index contributed by atoms with van der Waals surface area (Å²) in [6.07, 6.45) is 2.77. The van der Waals surface area contributed by atoms with Crippen LogP contribution in [0.1, 0.15) is 32.6 Å². The molecule has 160 valence electrons. The van der Waals surface area contributed by atoms with Gasteiger partial charge in [-0.1, -0.05) is 6.92 Å². The highest BCUT2D eigenvalue weighted by Gasteiger charge is 2.92. The molecule has 7 nitrogen and oxygen atoms in total. The van der Waals surface area contributed by atoms with Crippen LogP contribution in [0.5, 0.6) is 0 Å². The Labute approximate surface area is 170 Å². The summed E-state index contributed by atoms with van der Waals surface area (Å²) in [5, 5.41) is 24.3. The predicted molar refractivity (Wildman–Crippen MR) is 98.8 cm³/mol. The summed E-state index contributed by atoms with van der Waals surface area (Å²) in [5.74, 6) is 0.665. The van der Waals surface area contributed by atoms with Gasteiger partial charge in [-0.15, -0.1) is 0 Å². The zero-order chi connectivity index (χ0) is 19.6. The summed E-state index contributed by atoms with van der Waals surface area (Å²) in [7, 11) is 1.76. The molecule has 8 aliphatic rings. The minimum absolute atomic E-state index is 0.0184. The van der Waals surface area contributed by atoms with Crippen LogP contribution in [0.25, 0.3) is 0 Å². The summed E-state index contributed by atoms with van der Waals surface area (Å²) in [4.78, 5) is 2.54. The van der Waals surface area contributed by atoms with Crippen molar-refractivity contribution in [2.24, 2.45) is 29.1 Å². The second kappa shape index (κ2) is 4.72. The molecule has 2 N–H and O–H groups in total. The third-order valence-electron chi connectivity index (χ3n) is 11.3. The van der Waals surface area contributed by atoms with Gasteiger partial charge in [0.15, 0.2) is 0 Å². The molecule has 5 aliphatic carbocycles. The molecule has 0 aromatic heterocycles. The van der Waals surface area contributed by atoms with Crippen molar-refractivity contribution in [2.75, 3.05) is 27.0 Å². The monoisotopic (exact) mass is 405 g/mol.